The standard InChI is InChI=1S/C19H26N4O3S/c1-11(2)6-7-20-19(26)22-15(24)9-23-10-21-17-16(18(23)25)13-5-4-12(3)8-14(13)27-17/h10-12H,4-9H2,1-3H3,(H2,20,22,24,26)/t12-/m1/s1. The van der Waals surface area contributed by atoms with Crippen molar-refractivity contribution in [3.05, 3.63) is 27.1 Å². The molecule has 1 aliphatic carbocycles. The second-order valence-electron chi connectivity index (χ2n) is 7.70. The SMILES string of the molecule is CC(C)CCNC(=O)NC(=O)Cn1cnc2sc3c(c2c1=O)CC[C@@H](C)C3. The Kier molecular flexibility index (Phi) is 5.94. The number of aryl methyl sites for hydroxylation is 1. The quantitative estimate of drug-likeness (QED) is 0.820. The number of hydrogen-bond donors (Lipinski definition) is 2. The van der Waals surface area contributed by atoms with Gasteiger partial charge in [0.2, 0.25) is 5.91 Å². The van der Waals surface area contributed by atoms with Gasteiger partial charge in [-0.3, -0.25) is 19.5 Å². The average molecular weight is 391 g/mol. The summed E-state index contributed by atoms with van der Waals surface area (Å²) in [6.45, 7) is 6.62. The summed E-state index contributed by atoms with van der Waals surface area (Å²) in [5.74, 6) is 0.558. The van der Waals surface area contributed by atoms with Crippen LogP contribution >= 0.6 is 11.3 Å². The number of carbonyl (C=O) groups excluding carboxylic acids is 2. The van der Waals surface area contributed by atoms with Crippen LogP contribution in [0, 0.1) is 11.8 Å². The minimum Gasteiger partial charge on any atom is -0.338 e. The normalized spacial score (nSPS) is 16.4. The Bertz CT molecular complexity index is 916. The first kappa shape index (κ1) is 19.5. The molecule has 0 saturated carbocycles. The minimum atomic E-state index is -0.537. The largest absolute Gasteiger partial charge is 0.338 e. The third kappa shape index (κ3) is 4.55. The van der Waals surface area contributed by atoms with Gasteiger partial charge < -0.3 is 5.32 Å². The molecule has 2 aromatic rings. The summed E-state index contributed by atoms with van der Waals surface area (Å²) in [5, 5.41) is 5.55. The summed E-state index contributed by atoms with van der Waals surface area (Å²) in [7, 11) is 0. The van der Waals surface area contributed by atoms with Gasteiger partial charge in [0.15, 0.2) is 0 Å². The van der Waals surface area contributed by atoms with Crippen molar-refractivity contribution in [3.8, 4) is 0 Å². The fourth-order valence-electron chi connectivity index (χ4n) is 3.32. The fraction of sp³-hybridized carbons (Fsp3) is 0.579. The zero-order valence-corrected chi connectivity index (χ0v) is 16.8. The Balaban J connectivity index is 1.70. The summed E-state index contributed by atoms with van der Waals surface area (Å²) < 4.78 is 1.28. The summed E-state index contributed by atoms with van der Waals surface area (Å²) in [6, 6.07) is -0.537. The number of aromatic nitrogens is 2. The lowest BCUT2D eigenvalue weighted by molar-refractivity contribution is -0.120. The molecule has 7 nitrogen and oxygen atoms in total. The van der Waals surface area contributed by atoms with Gasteiger partial charge in [-0.15, -0.1) is 11.3 Å². The predicted octanol–water partition coefficient (Wildman–Crippen LogP) is 2.45. The van der Waals surface area contributed by atoms with E-state index >= 15 is 0 Å². The minimum absolute atomic E-state index is 0.206. The van der Waals surface area contributed by atoms with Crippen molar-refractivity contribution in [2.45, 2.75) is 53.0 Å². The molecular weight excluding hydrogens is 364 g/mol. The Labute approximate surface area is 162 Å². The van der Waals surface area contributed by atoms with Crippen molar-refractivity contribution < 1.29 is 9.59 Å². The summed E-state index contributed by atoms with van der Waals surface area (Å²) in [5.41, 5.74) is 0.884. The molecule has 0 aliphatic heterocycles. The van der Waals surface area contributed by atoms with Crippen LogP contribution in [0.15, 0.2) is 11.1 Å². The highest BCUT2D eigenvalue weighted by Crippen LogP contribution is 2.35. The number of amides is 3. The van der Waals surface area contributed by atoms with Crippen LogP contribution in [0.25, 0.3) is 10.2 Å². The second kappa shape index (κ2) is 8.21. The van der Waals surface area contributed by atoms with Gasteiger partial charge in [0.25, 0.3) is 5.56 Å². The number of nitrogens with one attached hydrogen (secondary N) is 2. The molecule has 146 valence electrons. The van der Waals surface area contributed by atoms with Crippen LogP contribution in [0.4, 0.5) is 4.79 Å². The third-order valence-electron chi connectivity index (χ3n) is 4.86. The zero-order valence-electron chi connectivity index (χ0n) is 16.0. The molecule has 2 N–H and O–H groups in total. The molecule has 3 rings (SSSR count). The van der Waals surface area contributed by atoms with E-state index in [1.54, 1.807) is 11.3 Å². The number of fused-ring (bicyclic) bond motifs is 3. The van der Waals surface area contributed by atoms with Gasteiger partial charge in [0, 0.05) is 11.4 Å². The van der Waals surface area contributed by atoms with Crippen LogP contribution in [-0.4, -0.2) is 28.0 Å². The molecule has 3 amide bonds. The molecule has 0 saturated heterocycles. The van der Waals surface area contributed by atoms with Gasteiger partial charge in [-0.05, 0) is 43.1 Å². The first-order valence-electron chi connectivity index (χ1n) is 9.42. The summed E-state index contributed by atoms with van der Waals surface area (Å²) in [4.78, 5) is 43.1. The predicted molar refractivity (Wildman–Crippen MR) is 106 cm³/mol. The number of rotatable bonds is 5. The number of carbonyl (C=O) groups is 2. The fourth-order valence-corrected chi connectivity index (χ4v) is 4.66. The number of urea groups is 1. The van der Waals surface area contributed by atoms with Crippen LogP contribution < -0.4 is 16.2 Å². The summed E-state index contributed by atoms with van der Waals surface area (Å²) in [6.07, 6.45) is 5.15. The van der Waals surface area contributed by atoms with Crippen LogP contribution in [0.5, 0.6) is 0 Å². The molecule has 8 heteroatoms. The molecule has 2 heterocycles. The number of imide groups is 1. The molecular formula is C19H26N4O3S. The number of hydrogen-bond acceptors (Lipinski definition) is 5. The van der Waals surface area contributed by atoms with E-state index in [1.165, 1.54) is 15.8 Å². The Hall–Kier alpha value is -2.22. The van der Waals surface area contributed by atoms with Crippen LogP contribution in [-0.2, 0) is 24.2 Å². The highest BCUT2D eigenvalue weighted by molar-refractivity contribution is 7.18. The monoisotopic (exact) mass is 390 g/mol. The average Bonchev–Trinajstić information content (AvgIpc) is 2.95. The van der Waals surface area contributed by atoms with Crippen molar-refractivity contribution in [3.63, 3.8) is 0 Å². The molecule has 2 aromatic heterocycles. The summed E-state index contributed by atoms with van der Waals surface area (Å²) >= 11 is 1.58. The van der Waals surface area contributed by atoms with Gasteiger partial charge in [-0.2, -0.15) is 0 Å². The van der Waals surface area contributed by atoms with Crippen LogP contribution in [0.2, 0.25) is 0 Å². The molecule has 0 radical (unpaired) electrons. The molecule has 0 unspecified atom stereocenters. The van der Waals surface area contributed by atoms with Crippen molar-refractivity contribution >= 4 is 33.5 Å². The first-order chi connectivity index (χ1) is 12.8. The third-order valence-corrected chi connectivity index (χ3v) is 6.02. The van der Waals surface area contributed by atoms with Gasteiger partial charge in [-0.1, -0.05) is 20.8 Å². The maximum Gasteiger partial charge on any atom is 0.321 e. The van der Waals surface area contributed by atoms with E-state index in [4.69, 9.17) is 0 Å². The van der Waals surface area contributed by atoms with Crippen LogP contribution in [0.3, 0.4) is 0 Å². The topological polar surface area (TPSA) is 93.1 Å². The van der Waals surface area contributed by atoms with E-state index in [9.17, 15) is 14.4 Å². The molecule has 0 spiro atoms. The lowest BCUT2D eigenvalue weighted by atomic mass is 9.89. The smallest absolute Gasteiger partial charge is 0.321 e. The lowest BCUT2D eigenvalue weighted by Gasteiger charge is -2.17. The van der Waals surface area contributed by atoms with Crippen molar-refractivity contribution in [1.29, 1.82) is 0 Å². The zero-order chi connectivity index (χ0) is 19.6. The molecule has 0 bridgehead atoms. The molecule has 1 aliphatic rings. The van der Waals surface area contributed by atoms with Gasteiger partial charge in [0.05, 0.1) is 11.7 Å². The van der Waals surface area contributed by atoms with Crippen molar-refractivity contribution in [2.75, 3.05) is 6.54 Å². The Morgan fingerprint density at radius 1 is 1.41 bits per heavy atom. The Morgan fingerprint density at radius 2 is 2.19 bits per heavy atom. The van der Waals surface area contributed by atoms with Gasteiger partial charge in [-0.25, -0.2) is 9.78 Å². The number of thiophene rings is 1. The molecule has 0 fully saturated rings. The highest BCUT2D eigenvalue weighted by Gasteiger charge is 2.23. The van der Waals surface area contributed by atoms with E-state index in [1.807, 2.05) is 0 Å². The van der Waals surface area contributed by atoms with E-state index < -0.39 is 11.9 Å². The van der Waals surface area contributed by atoms with E-state index in [0.717, 1.165) is 36.1 Å². The van der Waals surface area contributed by atoms with Crippen LogP contribution in [0.1, 0.15) is 44.1 Å². The van der Waals surface area contributed by atoms with E-state index in [2.05, 4.69) is 36.4 Å². The first-order valence-corrected chi connectivity index (χ1v) is 10.2. The second-order valence-corrected chi connectivity index (χ2v) is 8.78. The van der Waals surface area contributed by atoms with Crippen molar-refractivity contribution in [1.82, 2.24) is 20.2 Å². The molecule has 1 atom stereocenters. The Morgan fingerprint density at radius 3 is 2.93 bits per heavy atom. The molecule has 27 heavy (non-hydrogen) atoms. The van der Waals surface area contributed by atoms with E-state index in [-0.39, 0.29) is 12.1 Å². The van der Waals surface area contributed by atoms with Crippen molar-refractivity contribution in [2.24, 2.45) is 11.8 Å². The highest BCUT2D eigenvalue weighted by atomic mass is 32.1. The van der Waals surface area contributed by atoms with Gasteiger partial charge in [0.1, 0.15) is 11.4 Å². The maximum absolute atomic E-state index is 12.9. The van der Waals surface area contributed by atoms with E-state index in [0.29, 0.717) is 23.8 Å². The lowest BCUT2D eigenvalue weighted by Crippen LogP contribution is -2.42. The number of nitrogens with zero attached hydrogens (tertiary/aromatic N) is 2. The molecule has 0 aromatic carbocycles. The van der Waals surface area contributed by atoms with Gasteiger partial charge >= 0.3 is 6.03 Å². The maximum atomic E-state index is 12.9.